The molecule has 3 rings (SSSR count). The van der Waals surface area contributed by atoms with E-state index in [0.29, 0.717) is 43.1 Å². The second-order valence-corrected chi connectivity index (χ2v) is 6.46. The Hall–Kier alpha value is -3.43. The van der Waals surface area contributed by atoms with Crippen LogP contribution < -0.4 is 15.5 Å². The Labute approximate surface area is 160 Å². The Morgan fingerprint density at radius 2 is 2.04 bits per heavy atom. The van der Waals surface area contributed by atoms with E-state index in [0.717, 1.165) is 0 Å². The first kappa shape index (κ1) is 19.3. The number of carboxylic acids is 1. The van der Waals surface area contributed by atoms with E-state index in [-0.39, 0.29) is 11.5 Å². The standard InChI is InChI=1S/C18H20FN5O4/c1-20-16-5-4-15(24(27)28)17(22-16)21-12-2-3-14(13(19)10-12)23-8-6-11(7-9-23)18(25)26/h2-5,10-11H,6-9H2,1H3,(H,25,26)(H2,20,21,22). The van der Waals surface area contributed by atoms with Crippen molar-refractivity contribution in [2.24, 2.45) is 5.92 Å². The van der Waals surface area contributed by atoms with Crippen molar-refractivity contribution in [3.63, 3.8) is 0 Å². The number of pyridine rings is 1. The molecule has 1 saturated heterocycles. The van der Waals surface area contributed by atoms with Gasteiger partial charge >= 0.3 is 11.7 Å². The van der Waals surface area contributed by atoms with Gasteiger partial charge in [0.15, 0.2) is 0 Å². The Bertz CT molecular complexity index is 900. The zero-order chi connectivity index (χ0) is 20.3. The van der Waals surface area contributed by atoms with E-state index in [1.54, 1.807) is 24.1 Å². The largest absolute Gasteiger partial charge is 0.481 e. The van der Waals surface area contributed by atoms with E-state index in [1.807, 2.05) is 0 Å². The summed E-state index contributed by atoms with van der Waals surface area (Å²) in [6.07, 6.45) is 0.920. The van der Waals surface area contributed by atoms with Crippen molar-refractivity contribution in [2.75, 3.05) is 35.7 Å². The van der Waals surface area contributed by atoms with Crippen LogP contribution in [-0.2, 0) is 4.79 Å². The normalized spacial score (nSPS) is 14.6. The molecule has 1 fully saturated rings. The molecule has 2 heterocycles. The highest BCUT2D eigenvalue weighted by atomic mass is 19.1. The number of rotatable bonds is 6. The first-order valence-electron chi connectivity index (χ1n) is 8.76. The van der Waals surface area contributed by atoms with Crippen molar-refractivity contribution in [2.45, 2.75) is 12.8 Å². The number of halogens is 1. The summed E-state index contributed by atoms with van der Waals surface area (Å²) in [5.74, 6) is -1.27. The number of piperidine rings is 1. The van der Waals surface area contributed by atoms with Crippen LogP contribution >= 0.6 is 0 Å². The predicted molar refractivity (Wildman–Crippen MR) is 103 cm³/mol. The molecule has 10 heteroatoms. The van der Waals surface area contributed by atoms with Gasteiger partial charge in [0, 0.05) is 31.9 Å². The van der Waals surface area contributed by atoms with Gasteiger partial charge in [-0.3, -0.25) is 14.9 Å². The summed E-state index contributed by atoms with van der Waals surface area (Å²) in [6, 6.07) is 7.23. The fraction of sp³-hybridized carbons (Fsp3) is 0.333. The lowest BCUT2D eigenvalue weighted by Crippen LogP contribution is -2.36. The number of hydrogen-bond donors (Lipinski definition) is 3. The van der Waals surface area contributed by atoms with Crippen LogP contribution in [0, 0.1) is 21.8 Å². The molecular formula is C18H20FN5O4. The molecule has 0 aliphatic carbocycles. The van der Waals surface area contributed by atoms with Crippen LogP contribution in [0.4, 0.5) is 33.1 Å². The molecule has 1 aliphatic heterocycles. The monoisotopic (exact) mass is 389 g/mol. The molecule has 148 valence electrons. The summed E-state index contributed by atoms with van der Waals surface area (Å²) < 4.78 is 14.6. The summed E-state index contributed by atoms with van der Waals surface area (Å²) in [4.78, 5) is 27.6. The van der Waals surface area contributed by atoms with Gasteiger partial charge in [-0.1, -0.05) is 0 Å². The summed E-state index contributed by atoms with van der Waals surface area (Å²) in [7, 11) is 1.64. The highest BCUT2D eigenvalue weighted by Gasteiger charge is 2.26. The van der Waals surface area contributed by atoms with E-state index < -0.39 is 22.6 Å². The van der Waals surface area contributed by atoms with Crippen molar-refractivity contribution in [1.29, 1.82) is 0 Å². The minimum Gasteiger partial charge on any atom is -0.481 e. The maximum atomic E-state index is 14.6. The molecule has 0 saturated carbocycles. The van der Waals surface area contributed by atoms with Crippen LogP contribution in [0.1, 0.15) is 12.8 Å². The maximum absolute atomic E-state index is 14.6. The van der Waals surface area contributed by atoms with Gasteiger partial charge in [0.05, 0.1) is 16.5 Å². The van der Waals surface area contributed by atoms with Crippen LogP contribution in [0.5, 0.6) is 0 Å². The third-order valence-corrected chi connectivity index (χ3v) is 4.72. The number of anilines is 4. The highest BCUT2D eigenvalue weighted by molar-refractivity contribution is 5.71. The molecule has 1 aromatic heterocycles. The van der Waals surface area contributed by atoms with E-state index >= 15 is 0 Å². The lowest BCUT2D eigenvalue weighted by Gasteiger charge is -2.32. The van der Waals surface area contributed by atoms with E-state index in [1.165, 1.54) is 18.2 Å². The lowest BCUT2D eigenvalue weighted by atomic mass is 9.96. The summed E-state index contributed by atoms with van der Waals surface area (Å²) in [5, 5.41) is 25.9. The number of hydrogen-bond acceptors (Lipinski definition) is 7. The topological polar surface area (TPSA) is 121 Å². The van der Waals surface area contributed by atoms with Crippen LogP contribution in [0.3, 0.4) is 0 Å². The van der Waals surface area contributed by atoms with Crippen molar-refractivity contribution >= 4 is 34.7 Å². The van der Waals surface area contributed by atoms with Crippen molar-refractivity contribution in [1.82, 2.24) is 4.98 Å². The molecular weight excluding hydrogens is 369 g/mol. The first-order chi connectivity index (χ1) is 13.4. The number of benzene rings is 1. The molecule has 1 aliphatic rings. The zero-order valence-electron chi connectivity index (χ0n) is 15.2. The van der Waals surface area contributed by atoms with Gasteiger partial charge in [-0.2, -0.15) is 0 Å². The van der Waals surface area contributed by atoms with Gasteiger partial charge in [0.2, 0.25) is 5.82 Å². The van der Waals surface area contributed by atoms with E-state index in [9.17, 15) is 19.3 Å². The lowest BCUT2D eigenvalue weighted by molar-refractivity contribution is -0.384. The van der Waals surface area contributed by atoms with Gasteiger partial charge in [0.25, 0.3) is 0 Å². The molecule has 0 bridgehead atoms. The Morgan fingerprint density at radius 3 is 2.61 bits per heavy atom. The molecule has 9 nitrogen and oxygen atoms in total. The molecule has 3 N–H and O–H groups in total. The summed E-state index contributed by atoms with van der Waals surface area (Å²) in [6.45, 7) is 0.913. The van der Waals surface area contributed by atoms with Gasteiger partial charge in [0.1, 0.15) is 11.6 Å². The van der Waals surface area contributed by atoms with E-state index in [4.69, 9.17) is 5.11 Å². The van der Waals surface area contributed by atoms with Crippen LogP contribution in [0.2, 0.25) is 0 Å². The second-order valence-electron chi connectivity index (χ2n) is 6.46. The number of nitrogens with one attached hydrogen (secondary N) is 2. The average Bonchev–Trinajstić information content (AvgIpc) is 2.68. The van der Waals surface area contributed by atoms with E-state index in [2.05, 4.69) is 15.6 Å². The van der Waals surface area contributed by atoms with Crippen LogP contribution in [-0.4, -0.2) is 41.1 Å². The maximum Gasteiger partial charge on any atom is 0.311 e. The third kappa shape index (κ3) is 4.11. The van der Waals surface area contributed by atoms with Gasteiger partial charge in [-0.25, -0.2) is 9.37 Å². The molecule has 0 radical (unpaired) electrons. The number of nitrogens with zero attached hydrogens (tertiary/aromatic N) is 3. The SMILES string of the molecule is CNc1ccc([N+](=O)[O-])c(Nc2ccc(N3CCC(C(=O)O)CC3)c(F)c2)n1. The smallest absolute Gasteiger partial charge is 0.311 e. The second kappa shape index (κ2) is 8.07. The minimum atomic E-state index is -0.822. The summed E-state index contributed by atoms with van der Waals surface area (Å²) >= 11 is 0. The molecule has 0 atom stereocenters. The Balaban J connectivity index is 1.78. The van der Waals surface area contributed by atoms with Gasteiger partial charge < -0.3 is 20.6 Å². The number of nitro groups is 1. The highest BCUT2D eigenvalue weighted by Crippen LogP contribution is 2.31. The molecule has 0 spiro atoms. The van der Waals surface area contributed by atoms with Crippen LogP contribution in [0.15, 0.2) is 30.3 Å². The fourth-order valence-electron chi connectivity index (χ4n) is 3.18. The number of carbonyl (C=O) groups is 1. The van der Waals surface area contributed by atoms with Crippen molar-refractivity contribution in [3.05, 3.63) is 46.3 Å². The van der Waals surface area contributed by atoms with Gasteiger partial charge in [-0.15, -0.1) is 0 Å². The quantitative estimate of drug-likeness (QED) is 0.509. The minimum absolute atomic E-state index is 0.00581. The Morgan fingerprint density at radius 1 is 1.32 bits per heavy atom. The van der Waals surface area contributed by atoms with Crippen LogP contribution in [0.25, 0.3) is 0 Å². The summed E-state index contributed by atoms with van der Waals surface area (Å²) in [5.41, 5.74) is 0.477. The number of carboxylic acid groups (broad SMARTS) is 1. The number of aliphatic carboxylic acids is 1. The molecule has 0 unspecified atom stereocenters. The number of aromatic nitrogens is 1. The van der Waals surface area contributed by atoms with Crippen molar-refractivity contribution in [3.8, 4) is 0 Å². The molecule has 1 aromatic carbocycles. The molecule has 0 amide bonds. The predicted octanol–water partition coefficient (Wildman–Crippen LogP) is 3.22. The first-order valence-corrected chi connectivity index (χ1v) is 8.76. The Kier molecular flexibility index (Phi) is 5.57. The molecule has 28 heavy (non-hydrogen) atoms. The fourth-order valence-corrected chi connectivity index (χ4v) is 3.18. The van der Waals surface area contributed by atoms with Gasteiger partial charge in [-0.05, 0) is 37.1 Å². The molecule has 2 aromatic rings. The average molecular weight is 389 g/mol. The van der Waals surface area contributed by atoms with Crippen molar-refractivity contribution < 1.29 is 19.2 Å². The zero-order valence-corrected chi connectivity index (χ0v) is 15.2. The third-order valence-electron chi connectivity index (χ3n) is 4.72.